The van der Waals surface area contributed by atoms with Gasteiger partial charge in [-0.15, -0.1) is 0 Å². The molecule has 0 fully saturated rings. The van der Waals surface area contributed by atoms with Crippen molar-refractivity contribution in [1.29, 1.82) is 0 Å². The third kappa shape index (κ3) is 4.94. The lowest BCUT2D eigenvalue weighted by Gasteiger charge is -2.05. The Kier molecular flexibility index (Phi) is 5.54. The van der Waals surface area contributed by atoms with Crippen LogP contribution in [0.2, 0.25) is 0 Å². The van der Waals surface area contributed by atoms with Crippen LogP contribution in [-0.2, 0) is 4.79 Å². The average Bonchev–Trinajstić information content (AvgIpc) is 2.53. The lowest BCUT2D eigenvalue weighted by atomic mass is 10.2. The Labute approximate surface area is 130 Å². The fourth-order valence-corrected chi connectivity index (χ4v) is 1.88. The van der Waals surface area contributed by atoms with E-state index in [2.05, 4.69) is 15.8 Å². The lowest BCUT2D eigenvalue weighted by Crippen LogP contribution is -2.25. The molecule has 22 heavy (non-hydrogen) atoms. The van der Waals surface area contributed by atoms with Crippen LogP contribution < -0.4 is 15.5 Å². The molecule has 0 aliphatic rings. The highest BCUT2D eigenvalue weighted by Crippen LogP contribution is 2.10. The van der Waals surface area contributed by atoms with Crippen molar-refractivity contribution < 1.29 is 9.53 Å². The van der Waals surface area contributed by atoms with E-state index in [1.807, 2.05) is 55.5 Å². The molecule has 0 unspecified atom stereocenters. The molecule has 1 amide bonds. The summed E-state index contributed by atoms with van der Waals surface area (Å²) in [6.45, 7) is 2.17. The van der Waals surface area contributed by atoms with E-state index in [1.54, 1.807) is 13.3 Å². The lowest BCUT2D eigenvalue weighted by molar-refractivity contribution is -0.119. The zero-order chi connectivity index (χ0) is 15.8. The number of methoxy groups -OCH3 is 1. The Bertz CT molecular complexity index is 668. The van der Waals surface area contributed by atoms with Gasteiger partial charge in [-0.25, -0.2) is 5.43 Å². The molecule has 0 radical (unpaired) electrons. The molecule has 0 aliphatic heterocycles. The maximum Gasteiger partial charge on any atom is 0.259 e. The zero-order valence-electron chi connectivity index (χ0n) is 12.7. The summed E-state index contributed by atoms with van der Waals surface area (Å²) < 4.78 is 5.12. The molecule has 0 saturated carbocycles. The van der Waals surface area contributed by atoms with Gasteiger partial charge in [0.1, 0.15) is 5.75 Å². The summed E-state index contributed by atoms with van der Waals surface area (Å²) in [5.74, 6) is 0.539. The number of hydrogen-bond acceptors (Lipinski definition) is 4. The Balaban J connectivity index is 1.81. The van der Waals surface area contributed by atoms with Gasteiger partial charge in [-0.2, -0.15) is 5.10 Å². The van der Waals surface area contributed by atoms with E-state index in [9.17, 15) is 4.79 Å². The summed E-state index contributed by atoms with van der Waals surface area (Å²) in [6.07, 6.45) is 1.58. The SMILES string of the molecule is COc1cccc(/C=N\NC(=O)CNc2cccc(C)c2)c1. The number of aryl methyl sites for hydroxylation is 1. The van der Waals surface area contributed by atoms with E-state index >= 15 is 0 Å². The van der Waals surface area contributed by atoms with Crippen molar-refractivity contribution in [3.05, 3.63) is 59.7 Å². The summed E-state index contributed by atoms with van der Waals surface area (Å²) in [4.78, 5) is 11.7. The van der Waals surface area contributed by atoms with Crippen LogP contribution in [0, 0.1) is 6.92 Å². The molecule has 5 heteroatoms. The molecule has 2 aromatic carbocycles. The molecular weight excluding hydrogens is 278 g/mol. The summed E-state index contributed by atoms with van der Waals surface area (Å²) in [5.41, 5.74) is 5.38. The normalized spacial score (nSPS) is 10.5. The number of nitrogens with zero attached hydrogens (tertiary/aromatic N) is 1. The predicted molar refractivity (Wildman–Crippen MR) is 88.4 cm³/mol. The highest BCUT2D eigenvalue weighted by atomic mass is 16.5. The average molecular weight is 297 g/mol. The standard InChI is InChI=1S/C17H19N3O2/c1-13-5-3-7-15(9-13)18-12-17(21)20-19-11-14-6-4-8-16(10-14)22-2/h3-11,18H,12H2,1-2H3,(H,20,21)/b19-11-. The van der Waals surface area contributed by atoms with Gasteiger partial charge in [-0.1, -0.05) is 24.3 Å². The molecule has 0 atom stereocenters. The Hall–Kier alpha value is -2.82. The van der Waals surface area contributed by atoms with Crippen molar-refractivity contribution >= 4 is 17.8 Å². The van der Waals surface area contributed by atoms with Gasteiger partial charge >= 0.3 is 0 Å². The van der Waals surface area contributed by atoms with Gasteiger partial charge in [0.25, 0.3) is 5.91 Å². The van der Waals surface area contributed by atoms with Crippen molar-refractivity contribution in [2.24, 2.45) is 5.10 Å². The van der Waals surface area contributed by atoms with Gasteiger partial charge in [0.05, 0.1) is 19.9 Å². The summed E-state index contributed by atoms with van der Waals surface area (Å²) in [6, 6.07) is 15.3. The predicted octanol–water partition coefficient (Wildman–Crippen LogP) is 2.57. The monoisotopic (exact) mass is 297 g/mol. The fourth-order valence-electron chi connectivity index (χ4n) is 1.88. The van der Waals surface area contributed by atoms with Gasteiger partial charge in [0.2, 0.25) is 0 Å². The maximum absolute atomic E-state index is 11.7. The number of hydrogen-bond donors (Lipinski definition) is 2. The number of carbonyl (C=O) groups excluding carboxylic acids is 1. The molecule has 5 nitrogen and oxygen atoms in total. The first-order chi connectivity index (χ1) is 10.7. The number of rotatable bonds is 6. The van der Waals surface area contributed by atoms with E-state index < -0.39 is 0 Å². The fraction of sp³-hybridized carbons (Fsp3) is 0.176. The number of hydrazone groups is 1. The van der Waals surface area contributed by atoms with Gasteiger partial charge in [-0.3, -0.25) is 4.79 Å². The molecule has 0 saturated heterocycles. The number of amides is 1. The molecule has 0 heterocycles. The number of ether oxygens (including phenoxy) is 1. The van der Waals surface area contributed by atoms with Crippen molar-refractivity contribution in [3.63, 3.8) is 0 Å². The Morgan fingerprint density at radius 1 is 1.23 bits per heavy atom. The van der Waals surface area contributed by atoms with E-state index in [0.717, 1.165) is 22.6 Å². The number of nitrogens with one attached hydrogen (secondary N) is 2. The molecule has 114 valence electrons. The van der Waals surface area contributed by atoms with Crippen LogP contribution in [0.4, 0.5) is 5.69 Å². The largest absolute Gasteiger partial charge is 0.497 e. The number of carbonyl (C=O) groups is 1. The van der Waals surface area contributed by atoms with Crippen molar-refractivity contribution in [1.82, 2.24) is 5.43 Å². The molecule has 0 spiro atoms. The summed E-state index contributed by atoms with van der Waals surface area (Å²) in [7, 11) is 1.61. The molecule has 2 aromatic rings. The zero-order valence-corrected chi connectivity index (χ0v) is 12.7. The summed E-state index contributed by atoms with van der Waals surface area (Å²) in [5, 5.41) is 6.97. The highest BCUT2D eigenvalue weighted by molar-refractivity contribution is 5.84. The third-order valence-corrected chi connectivity index (χ3v) is 2.97. The minimum atomic E-state index is -0.208. The molecule has 2 rings (SSSR count). The summed E-state index contributed by atoms with van der Waals surface area (Å²) >= 11 is 0. The second-order valence-corrected chi connectivity index (χ2v) is 4.79. The van der Waals surface area contributed by atoms with Crippen LogP contribution in [0.3, 0.4) is 0 Å². The van der Waals surface area contributed by atoms with Crippen molar-refractivity contribution in [3.8, 4) is 5.75 Å². The van der Waals surface area contributed by atoms with Crippen molar-refractivity contribution in [2.45, 2.75) is 6.92 Å². The van der Waals surface area contributed by atoms with Gasteiger partial charge in [0, 0.05) is 5.69 Å². The molecular formula is C17H19N3O2. The minimum Gasteiger partial charge on any atom is -0.497 e. The second kappa shape index (κ2) is 7.83. The van der Waals surface area contributed by atoms with Crippen LogP contribution >= 0.6 is 0 Å². The van der Waals surface area contributed by atoms with Gasteiger partial charge < -0.3 is 10.1 Å². The Morgan fingerprint density at radius 2 is 2.05 bits per heavy atom. The highest BCUT2D eigenvalue weighted by Gasteiger charge is 1.99. The first kappa shape index (κ1) is 15.6. The second-order valence-electron chi connectivity index (χ2n) is 4.79. The van der Waals surface area contributed by atoms with Crippen LogP contribution in [0.5, 0.6) is 5.75 Å². The third-order valence-electron chi connectivity index (χ3n) is 2.97. The minimum absolute atomic E-state index is 0.166. The van der Waals surface area contributed by atoms with Gasteiger partial charge in [0.15, 0.2) is 0 Å². The smallest absolute Gasteiger partial charge is 0.259 e. The molecule has 2 N–H and O–H groups in total. The van der Waals surface area contributed by atoms with E-state index in [1.165, 1.54) is 0 Å². The quantitative estimate of drug-likeness (QED) is 0.636. The first-order valence-electron chi connectivity index (χ1n) is 6.94. The van der Waals surface area contributed by atoms with Crippen LogP contribution in [0.1, 0.15) is 11.1 Å². The van der Waals surface area contributed by atoms with E-state index in [-0.39, 0.29) is 12.5 Å². The Morgan fingerprint density at radius 3 is 2.82 bits per heavy atom. The first-order valence-corrected chi connectivity index (χ1v) is 6.94. The van der Waals surface area contributed by atoms with Crippen molar-refractivity contribution in [2.75, 3.05) is 19.0 Å². The van der Waals surface area contributed by atoms with Crippen LogP contribution in [0.25, 0.3) is 0 Å². The van der Waals surface area contributed by atoms with E-state index in [0.29, 0.717) is 0 Å². The molecule has 0 aromatic heterocycles. The van der Waals surface area contributed by atoms with Gasteiger partial charge in [-0.05, 0) is 42.3 Å². The molecule has 0 bridgehead atoms. The van der Waals surface area contributed by atoms with Crippen LogP contribution in [-0.4, -0.2) is 25.8 Å². The van der Waals surface area contributed by atoms with E-state index in [4.69, 9.17) is 4.74 Å². The number of anilines is 1. The molecule has 0 aliphatic carbocycles. The topological polar surface area (TPSA) is 62.7 Å². The number of benzene rings is 2. The maximum atomic E-state index is 11.7. The van der Waals surface area contributed by atoms with Crippen LogP contribution in [0.15, 0.2) is 53.6 Å².